The summed E-state index contributed by atoms with van der Waals surface area (Å²) in [6.07, 6.45) is -4.66. The predicted molar refractivity (Wildman–Crippen MR) is 64.6 cm³/mol. The standard InChI is InChI=1S/C13H10F4N2O/c1-2-19-11(13(15,16)17)7-10(18-12(19)20)8-3-5-9(14)6-4-8/h3-7H,2H2,1H3. The summed E-state index contributed by atoms with van der Waals surface area (Å²) in [6, 6.07) is 5.52. The van der Waals surface area contributed by atoms with Crippen molar-refractivity contribution >= 4 is 0 Å². The lowest BCUT2D eigenvalue weighted by Gasteiger charge is -2.14. The topological polar surface area (TPSA) is 34.9 Å². The quantitative estimate of drug-likeness (QED) is 0.795. The smallest absolute Gasteiger partial charge is 0.288 e. The third-order valence-corrected chi connectivity index (χ3v) is 2.76. The predicted octanol–water partition coefficient (Wildman–Crippen LogP) is 3.09. The van der Waals surface area contributed by atoms with Crippen LogP contribution in [0.15, 0.2) is 35.1 Å². The van der Waals surface area contributed by atoms with Crippen molar-refractivity contribution in [3.05, 3.63) is 52.3 Å². The molecule has 0 fully saturated rings. The van der Waals surface area contributed by atoms with E-state index < -0.39 is 23.4 Å². The molecule has 1 heterocycles. The van der Waals surface area contributed by atoms with Gasteiger partial charge in [0, 0.05) is 12.1 Å². The highest BCUT2D eigenvalue weighted by atomic mass is 19.4. The number of rotatable bonds is 2. The number of hydrogen-bond donors (Lipinski definition) is 0. The second kappa shape index (κ2) is 5.07. The first kappa shape index (κ1) is 14.2. The van der Waals surface area contributed by atoms with Crippen LogP contribution in [0.5, 0.6) is 0 Å². The van der Waals surface area contributed by atoms with Crippen LogP contribution in [0.2, 0.25) is 0 Å². The Bertz CT molecular complexity index is 674. The number of nitrogens with zero attached hydrogens (tertiary/aromatic N) is 2. The molecule has 0 N–H and O–H groups in total. The number of benzene rings is 1. The van der Waals surface area contributed by atoms with Crippen LogP contribution in [-0.4, -0.2) is 9.55 Å². The fourth-order valence-corrected chi connectivity index (χ4v) is 1.82. The van der Waals surface area contributed by atoms with E-state index >= 15 is 0 Å². The van der Waals surface area contributed by atoms with E-state index in [9.17, 15) is 22.4 Å². The van der Waals surface area contributed by atoms with Gasteiger partial charge in [-0.25, -0.2) is 9.18 Å². The molecular weight excluding hydrogens is 276 g/mol. The molecule has 0 radical (unpaired) electrons. The lowest BCUT2D eigenvalue weighted by Crippen LogP contribution is -2.29. The Balaban J connectivity index is 2.65. The average molecular weight is 286 g/mol. The van der Waals surface area contributed by atoms with Gasteiger partial charge in [-0.2, -0.15) is 18.2 Å². The van der Waals surface area contributed by atoms with Crippen molar-refractivity contribution < 1.29 is 17.6 Å². The summed E-state index contributed by atoms with van der Waals surface area (Å²) in [5, 5.41) is 0. The largest absolute Gasteiger partial charge is 0.431 e. The van der Waals surface area contributed by atoms with Gasteiger partial charge < -0.3 is 0 Å². The van der Waals surface area contributed by atoms with Crippen molar-refractivity contribution in [3.63, 3.8) is 0 Å². The van der Waals surface area contributed by atoms with Crippen LogP contribution in [0.3, 0.4) is 0 Å². The molecule has 0 bridgehead atoms. The summed E-state index contributed by atoms with van der Waals surface area (Å²) < 4.78 is 52.1. The van der Waals surface area contributed by atoms with Crippen molar-refractivity contribution in [2.45, 2.75) is 19.6 Å². The molecule has 0 spiro atoms. The number of aromatic nitrogens is 2. The maximum Gasteiger partial charge on any atom is 0.431 e. The molecule has 3 nitrogen and oxygen atoms in total. The van der Waals surface area contributed by atoms with Gasteiger partial charge in [-0.15, -0.1) is 0 Å². The summed E-state index contributed by atoms with van der Waals surface area (Å²) in [5.41, 5.74) is -1.94. The van der Waals surface area contributed by atoms with E-state index in [-0.39, 0.29) is 17.8 Å². The highest BCUT2D eigenvalue weighted by Gasteiger charge is 2.35. The third-order valence-electron chi connectivity index (χ3n) is 2.76. The molecule has 0 saturated heterocycles. The first-order valence-corrected chi connectivity index (χ1v) is 5.78. The van der Waals surface area contributed by atoms with Gasteiger partial charge in [0.1, 0.15) is 11.5 Å². The fourth-order valence-electron chi connectivity index (χ4n) is 1.82. The zero-order valence-corrected chi connectivity index (χ0v) is 10.4. The molecule has 2 rings (SSSR count). The van der Waals surface area contributed by atoms with Crippen LogP contribution in [0.1, 0.15) is 12.6 Å². The Morgan fingerprint density at radius 3 is 2.30 bits per heavy atom. The van der Waals surface area contributed by atoms with Crippen LogP contribution in [0.25, 0.3) is 11.3 Å². The molecule has 20 heavy (non-hydrogen) atoms. The highest BCUT2D eigenvalue weighted by Crippen LogP contribution is 2.30. The molecule has 2 aromatic rings. The molecule has 0 amide bonds. The zero-order chi connectivity index (χ0) is 14.9. The maximum absolute atomic E-state index is 12.9. The maximum atomic E-state index is 12.9. The Morgan fingerprint density at radius 1 is 1.20 bits per heavy atom. The van der Waals surface area contributed by atoms with Crippen LogP contribution in [0.4, 0.5) is 17.6 Å². The zero-order valence-electron chi connectivity index (χ0n) is 10.4. The minimum Gasteiger partial charge on any atom is -0.288 e. The summed E-state index contributed by atoms with van der Waals surface area (Å²) in [5.74, 6) is -0.522. The number of halogens is 4. The third kappa shape index (κ3) is 2.71. The molecule has 106 valence electrons. The monoisotopic (exact) mass is 286 g/mol. The van der Waals surface area contributed by atoms with E-state index in [2.05, 4.69) is 4.98 Å². The van der Waals surface area contributed by atoms with Gasteiger partial charge in [0.15, 0.2) is 0 Å². The van der Waals surface area contributed by atoms with E-state index in [1.54, 1.807) is 0 Å². The molecule has 0 atom stereocenters. The van der Waals surface area contributed by atoms with Gasteiger partial charge in [0.2, 0.25) is 0 Å². The number of hydrogen-bond acceptors (Lipinski definition) is 2. The molecule has 0 saturated carbocycles. The van der Waals surface area contributed by atoms with E-state index in [0.717, 1.165) is 18.2 Å². The highest BCUT2D eigenvalue weighted by molar-refractivity contribution is 5.59. The van der Waals surface area contributed by atoms with Crippen LogP contribution < -0.4 is 5.69 Å². The van der Waals surface area contributed by atoms with Crippen LogP contribution in [-0.2, 0) is 12.7 Å². The average Bonchev–Trinajstić information content (AvgIpc) is 2.37. The van der Waals surface area contributed by atoms with Gasteiger partial charge in [-0.05, 0) is 37.3 Å². The van der Waals surface area contributed by atoms with Gasteiger partial charge in [-0.1, -0.05) is 0 Å². The molecule has 0 aliphatic carbocycles. The fraction of sp³-hybridized carbons (Fsp3) is 0.231. The second-order valence-electron chi connectivity index (χ2n) is 4.06. The molecule has 0 aliphatic heterocycles. The van der Waals surface area contributed by atoms with E-state index in [4.69, 9.17) is 0 Å². The summed E-state index contributed by atoms with van der Waals surface area (Å²) in [6.45, 7) is 1.29. The normalized spacial score (nSPS) is 11.7. The Kier molecular flexibility index (Phi) is 3.61. The first-order valence-electron chi connectivity index (χ1n) is 5.78. The Morgan fingerprint density at radius 2 is 1.80 bits per heavy atom. The minimum absolute atomic E-state index is 0.132. The van der Waals surface area contributed by atoms with E-state index in [1.165, 1.54) is 19.1 Å². The van der Waals surface area contributed by atoms with Gasteiger partial charge in [0.25, 0.3) is 0 Å². The number of alkyl halides is 3. The lowest BCUT2D eigenvalue weighted by atomic mass is 10.1. The van der Waals surface area contributed by atoms with Crippen molar-refractivity contribution in [1.29, 1.82) is 0 Å². The Labute approximate surface area is 111 Å². The van der Waals surface area contributed by atoms with Crippen molar-refractivity contribution in [2.75, 3.05) is 0 Å². The van der Waals surface area contributed by atoms with Crippen LogP contribution in [0, 0.1) is 5.82 Å². The van der Waals surface area contributed by atoms with Crippen LogP contribution >= 0.6 is 0 Å². The molecule has 1 aromatic carbocycles. The van der Waals surface area contributed by atoms with Crippen molar-refractivity contribution in [3.8, 4) is 11.3 Å². The second-order valence-corrected chi connectivity index (χ2v) is 4.06. The Hall–Kier alpha value is -2.18. The van der Waals surface area contributed by atoms with E-state index in [1.807, 2.05) is 0 Å². The lowest BCUT2D eigenvalue weighted by molar-refractivity contribution is -0.144. The molecule has 0 unspecified atom stereocenters. The van der Waals surface area contributed by atoms with Crippen molar-refractivity contribution in [2.24, 2.45) is 0 Å². The van der Waals surface area contributed by atoms with E-state index in [0.29, 0.717) is 4.57 Å². The van der Waals surface area contributed by atoms with Gasteiger partial charge >= 0.3 is 11.9 Å². The van der Waals surface area contributed by atoms with Crippen molar-refractivity contribution in [1.82, 2.24) is 9.55 Å². The molecule has 7 heteroatoms. The first-order chi connectivity index (χ1) is 9.32. The molecule has 1 aromatic heterocycles. The molecular formula is C13H10F4N2O. The SMILES string of the molecule is CCn1c(C(F)(F)F)cc(-c2ccc(F)cc2)nc1=O. The summed E-state index contributed by atoms with van der Waals surface area (Å²) in [4.78, 5) is 15.3. The minimum atomic E-state index is -4.66. The van der Waals surface area contributed by atoms with Gasteiger partial charge in [0.05, 0.1) is 5.69 Å². The summed E-state index contributed by atoms with van der Waals surface area (Å²) in [7, 11) is 0. The molecule has 0 aliphatic rings. The van der Waals surface area contributed by atoms with Gasteiger partial charge in [-0.3, -0.25) is 4.57 Å². The summed E-state index contributed by atoms with van der Waals surface area (Å²) >= 11 is 0.